The number of piperidine rings is 2. The van der Waals surface area contributed by atoms with Crippen LogP contribution < -0.4 is 37.9 Å². The first-order chi connectivity index (χ1) is 49.1. The number of carbonyl (C=O) groups excluding carboxylic acids is 6. The summed E-state index contributed by atoms with van der Waals surface area (Å²) in [4.78, 5) is 91.3. The van der Waals surface area contributed by atoms with E-state index in [9.17, 15) is 28.8 Å². The summed E-state index contributed by atoms with van der Waals surface area (Å²) in [5.41, 5.74) is 9.03. The molecule has 0 aliphatic carbocycles. The fourth-order valence-electron chi connectivity index (χ4n) is 14.2. The van der Waals surface area contributed by atoms with E-state index in [1.54, 1.807) is 70.7 Å². The van der Waals surface area contributed by atoms with Crippen molar-refractivity contribution < 1.29 is 76.1 Å². The van der Waals surface area contributed by atoms with Gasteiger partial charge in [-0.2, -0.15) is 0 Å². The molecule has 8 rings (SSSR count). The number of hydrogen-bond donors (Lipinski definition) is 0. The average Bonchev–Trinajstić information content (AvgIpc) is 0.799. The summed E-state index contributed by atoms with van der Waals surface area (Å²) < 4.78 is 59.0. The summed E-state index contributed by atoms with van der Waals surface area (Å²) in [6.07, 6.45) is 6.89. The van der Waals surface area contributed by atoms with Gasteiger partial charge in [-0.3, -0.25) is 19.2 Å². The molecule has 102 heavy (non-hydrogen) atoms. The van der Waals surface area contributed by atoms with E-state index in [1.165, 1.54) is 11.1 Å². The first-order valence-electron chi connectivity index (χ1n) is 36.1. The van der Waals surface area contributed by atoms with Crippen LogP contribution in [-0.2, 0) is 51.1 Å². The Bertz CT molecular complexity index is 3830. The average molecular weight is 1400 g/mol. The molecule has 2 fully saturated rings. The highest BCUT2D eigenvalue weighted by molar-refractivity contribution is 5.90. The van der Waals surface area contributed by atoms with Gasteiger partial charge in [0.15, 0.2) is 46.1 Å². The zero-order valence-corrected chi connectivity index (χ0v) is 62.4. The van der Waals surface area contributed by atoms with Gasteiger partial charge in [0.1, 0.15) is 49.0 Å². The topological polar surface area (TPSA) is 204 Å². The summed E-state index contributed by atoms with van der Waals surface area (Å²) in [7, 11) is 13.3. The lowest BCUT2D eigenvalue weighted by molar-refractivity contribution is -0.162. The van der Waals surface area contributed by atoms with Crippen molar-refractivity contribution in [3.05, 3.63) is 165 Å². The standard InChI is InChI=1S/C83H107N3O16/c1-15-68(61-44-55(5)78(97-13)76(49-61)95-11)80(89)85-41-19-17-27-70(85)82(91)101-72(38-31-57-30-29-53(3)54(4)43-57)59-23-21-25-66(47-59)99-51-64(87)36-34-63(84(7)8)35-37-65(88)52-100-67-26-22-24-60(48-67)73(39-32-58-33-40-74(93-9)75(46-58)94-10)102-83(92)71-28-18-20-42-86(71)81(90)69(16-2)62-45-56(6)79(98-14)77(50-62)96-12/h21-26,29-30,33,40,43-50,63,68-73H,15-20,27-28,31-32,34-39,41-42,51-52H2,1-14H3/t63?,68-,69-,70?,71-,72+,73+/m0/s1. The van der Waals surface area contributed by atoms with Crippen molar-refractivity contribution in [2.24, 2.45) is 0 Å². The number of methoxy groups -OCH3 is 6. The molecular formula is C83H107N3O16. The molecule has 0 N–H and O–H groups in total. The molecule has 2 aliphatic rings. The third-order valence-electron chi connectivity index (χ3n) is 20.1. The first kappa shape index (κ1) is 78.6. The molecule has 0 bridgehead atoms. The van der Waals surface area contributed by atoms with Crippen LogP contribution in [-0.4, -0.2) is 151 Å². The normalized spacial score (nSPS) is 16.0. The summed E-state index contributed by atoms with van der Waals surface area (Å²) >= 11 is 0. The predicted octanol–water partition coefficient (Wildman–Crippen LogP) is 14.6. The Morgan fingerprint density at radius 3 is 1.30 bits per heavy atom. The van der Waals surface area contributed by atoms with Crippen LogP contribution in [0.5, 0.6) is 46.0 Å². The van der Waals surface area contributed by atoms with E-state index in [1.807, 2.05) is 119 Å². The number of ketones is 2. The number of nitrogens with zero attached hydrogens (tertiary/aromatic N) is 3. The lowest BCUT2D eigenvalue weighted by Gasteiger charge is -2.37. The highest BCUT2D eigenvalue weighted by atomic mass is 16.6. The zero-order chi connectivity index (χ0) is 73.6. The Morgan fingerprint density at radius 1 is 0.451 bits per heavy atom. The van der Waals surface area contributed by atoms with Gasteiger partial charge in [0.25, 0.3) is 0 Å². The third kappa shape index (κ3) is 20.6. The van der Waals surface area contributed by atoms with Crippen LogP contribution in [0.2, 0.25) is 0 Å². The molecule has 2 amide bonds. The smallest absolute Gasteiger partial charge is 0.329 e. The monoisotopic (exact) mass is 1400 g/mol. The second-order valence-corrected chi connectivity index (χ2v) is 27.2. The summed E-state index contributed by atoms with van der Waals surface area (Å²) in [6, 6.07) is 32.5. The van der Waals surface area contributed by atoms with E-state index in [2.05, 4.69) is 32.0 Å². The van der Waals surface area contributed by atoms with Crippen molar-refractivity contribution in [3.63, 3.8) is 0 Å². The van der Waals surface area contributed by atoms with E-state index in [0.717, 1.165) is 59.1 Å². The Morgan fingerprint density at radius 2 is 0.892 bits per heavy atom. The van der Waals surface area contributed by atoms with Crippen LogP contribution in [0.4, 0.5) is 0 Å². The first-order valence-corrected chi connectivity index (χ1v) is 36.1. The second kappa shape index (κ2) is 38.2. The minimum Gasteiger partial charge on any atom is -0.493 e. The molecule has 0 aromatic heterocycles. The van der Waals surface area contributed by atoms with Gasteiger partial charge in [0, 0.05) is 32.0 Å². The maximum Gasteiger partial charge on any atom is 0.329 e. The predicted molar refractivity (Wildman–Crippen MR) is 393 cm³/mol. The molecule has 0 spiro atoms. The van der Waals surface area contributed by atoms with Crippen molar-refractivity contribution in [1.29, 1.82) is 0 Å². The highest BCUT2D eigenvalue weighted by Crippen LogP contribution is 2.41. The van der Waals surface area contributed by atoms with Crippen molar-refractivity contribution >= 4 is 35.3 Å². The van der Waals surface area contributed by atoms with E-state index in [4.69, 9.17) is 47.4 Å². The molecule has 7 atom stereocenters. The fourth-order valence-corrected chi connectivity index (χ4v) is 14.2. The summed E-state index contributed by atoms with van der Waals surface area (Å²) in [5.74, 6) is 1.79. The highest BCUT2D eigenvalue weighted by Gasteiger charge is 2.40. The zero-order valence-electron chi connectivity index (χ0n) is 62.4. The Balaban J connectivity index is 0.885. The number of likely N-dealkylation sites (tertiary alicyclic amines) is 2. The minimum absolute atomic E-state index is 0.102. The van der Waals surface area contributed by atoms with Crippen molar-refractivity contribution in [1.82, 2.24) is 14.7 Å². The van der Waals surface area contributed by atoms with Gasteiger partial charge in [-0.15, -0.1) is 0 Å². The number of Topliss-reactive ketones (excluding diaryl/α,β-unsaturated/α-hetero) is 2. The number of benzene rings is 6. The van der Waals surface area contributed by atoms with Crippen LogP contribution in [0, 0.1) is 27.7 Å². The number of hydrogen-bond acceptors (Lipinski definition) is 17. The van der Waals surface area contributed by atoms with Gasteiger partial charge >= 0.3 is 11.9 Å². The van der Waals surface area contributed by atoms with Gasteiger partial charge in [0.2, 0.25) is 11.8 Å². The van der Waals surface area contributed by atoms with Gasteiger partial charge < -0.3 is 62.1 Å². The van der Waals surface area contributed by atoms with Gasteiger partial charge in [0.05, 0.1) is 54.5 Å². The quantitative estimate of drug-likeness (QED) is 0.0333. The molecule has 0 radical (unpaired) electrons. The fraction of sp³-hybridized carbons (Fsp3) is 0.494. The van der Waals surface area contributed by atoms with E-state index in [0.29, 0.717) is 134 Å². The summed E-state index contributed by atoms with van der Waals surface area (Å²) in [6.45, 7) is 12.4. The van der Waals surface area contributed by atoms with Gasteiger partial charge in [-0.25, -0.2) is 9.59 Å². The number of ether oxygens (including phenoxy) is 10. The van der Waals surface area contributed by atoms with Crippen LogP contribution in [0.1, 0.15) is 183 Å². The molecule has 6 aromatic carbocycles. The maximum absolute atomic E-state index is 14.7. The number of rotatable bonds is 37. The molecule has 2 unspecified atom stereocenters. The number of carbonyl (C=O) groups is 6. The van der Waals surface area contributed by atoms with Crippen LogP contribution in [0.3, 0.4) is 0 Å². The molecule has 0 saturated carbocycles. The molecular weight excluding hydrogens is 1290 g/mol. The molecule has 19 nitrogen and oxygen atoms in total. The molecule has 6 aromatic rings. The van der Waals surface area contributed by atoms with E-state index in [-0.39, 0.29) is 55.5 Å². The number of esters is 2. The third-order valence-corrected chi connectivity index (χ3v) is 20.1. The van der Waals surface area contributed by atoms with Gasteiger partial charge in [-0.05, 0) is 236 Å². The Labute approximate surface area is 603 Å². The van der Waals surface area contributed by atoms with Crippen LogP contribution in [0.25, 0.3) is 0 Å². The molecule has 2 saturated heterocycles. The lowest BCUT2D eigenvalue weighted by atomic mass is 9.91. The van der Waals surface area contributed by atoms with Gasteiger partial charge in [-0.1, -0.05) is 74.5 Å². The van der Waals surface area contributed by atoms with Crippen LogP contribution in [0.15, 0.2) is 109 Å². The molecule has 2 aliphatic heterocycles. The van der Waals surface area contributed by atoms with Crippen LogP contribution >= 0.6 is 0 Å². The second-order valence-electron chi connectivity index (χ2n) is 27.2. The minimum atomic E-state index is -0.808. The molecule has 19 heteroatoms. The number of aryl methyl sites for hydroxylation is 6. The summed E-state index contributed by atoms with van der Waals surface area (Å²) in [5, 5.41) is 0. The Kier molecular flexibility index (Phi) is 29.5. The number of amides is 2. The lowest BCUT2D eigenvalue weighted by Crippen LogP contribution is -2.50. The molecule has 2 heterocycles. The SMILES string of the molecule is CC[C@H](C(=O)N1CCCCC1C(=O)O[C@H](CCc1ccc(C)c(C)c1)c1cccc(OCC(=O)CCC(CCC(=O)COc2cccc([C@@H](CCc3ccc(OC)c(OC)c3)OC(=O)[C@@H]3CCCCN3C(=O)[C@@H](CC)c3cc(C)c(OC)c(OC)c3)c2)N(C)C)c1)c1cc(C)c(OC)c(OC)c1. The van der Waals surface area contributed by atoms with E-state index >= 15 is 0 Å². The largest absolute Gasteiger partial charge is 0.493 e. The van der Waals surface area contributed by atoms with Crippen molar-refractivity contribution in [3.8, 4) is 46.0 Å². The maximum atomic E-state index is 14.7. The van der Waals surface area contributed by atoms with E-state index < -0.39 is 48.1 Å². The van der Waals surface area contributed by atoms with Crippen molar-refractivity contribution in [2.45, 2.75) is 186 Å². The molecule has 550 valence electrons. The Hall–Kier alpha value is -9.10. The van der Waals surface area contributed by atoms with Crippen molar-refractivity contribution in [2.75, 3.05) is 83.1 Å².